The number of carboxylic acids is 1. The lowest BCUT2D eigenvalue weighted by Crippen LogP contribution is -2.51. The summed E-state index contributed by atoms with van der Waals surface area (Å²) in [6.07, 6.45) is 1.72. The fraction of sp³-hybridized carbons (Fsp3) is 0.857. The molecule has 2 rings (SSSR count). The quantitative estimate of drug-likeness (QED) is 0.797. The Morgan fingerprint density at radius 1 is 1.35 bits per heavy atom. The van der Waals surface area contributed by atoms with E-state index in [1.165, 1.54) is 0 Å². The first-order chi connectivity index (χ1) is 9.21. The molecule has 2 saturated heterocycles. The van der Waals surface area contributed by atoms with Crippen molar-refractivity contribution in [3.05, 3.63) is 0 Å². The topological polar surface area (TPSA) is 76.1 Å². The molecule has 0 saturated carbocycles. The average Bonchev–Trinajstić information content (AvgIpc) is 2.71. The normalized spacial score (nSPS) is 30.6. The maximum absolute atomic E-state index is 12.1. The van der Waals surface area contributed by atoms with Gasteiger partial charge in [0, 0.05) is 6.54 Å². The standard InChI is InChI=1S/C14H23NO5/c1-13(2,3)20-12(18)15-8-4-6-14(9-15)7-5-10(19-14)11(16)17/h10H,4-9H2,1-3H3,(H,16,17). The maximum atomic E-state index is 12.1. The van der Waals surface area contributed by atoms with Gasteiger partial charge in [0.1, 0.15) is 5.60 Å². The second-order valence-corrected chi connectivity index (χ2v) is 6.67. The van der Waals surface area contributed by atoms with Gasteiger partial charge < -0.3 is 19.5 Å². The number of rotatable bonds is 1. The zero-order valence-electron chi connectivity index (χ0n) is 12.3. The van der Waals surface area contributed by atoms with E-state index in [4.69, 9.17) is 14.6 Å². The van der Waals surface area contributed by atoms with Gasteiger partial charge in [0.2, 0.25) is 0 Å². The highest BCUT2D eigenvalue weighted by Gasteiger charge is 2.46. The van der Waals surface area contributed by atoms with E-state index in [0.717, 1.165) is 12.8 Å². The van der Waals surface area contributed by atoms with Gasteiger partial charge in [-0.25, -0.2) is 9.59 Å². The van der Waals surface area contributed by atoms with E-state index in [1.54, 1.807) is 4.90 Å². The summed E-state index contributed by atoms with van der Waals surface area (Å²) < 4.78 is 11.1. The predicted octanol–water partition coefficient (Wildman–Crippen LogP) is 2.02. The van der Waals surface area contributed by atoms with Crippen LogP contribution in [0.15, 0.2) is 0 Å². The summed E-state index contributed by atoms with van der Waals surface area (Å²) in [6.45, 7) is 6.55. The molecular formula is C14H23NO5. The highest BCUT2D eigenvalue weighted by atomic mass is 16.6. The van der Waals surface area contributed by atoms with Crippen LogP contribution in [-0.4, -0.2) is 52.5 Å². The first kappa shape index (κ1) is 15.1. The Labute approximate surface area is 119 Å². The fourth-order valence-electron chi connectivity index (χ4n) is 2.87. The van der Waals surface area contributed by atoms with E-state index in [2.05, 4.69) is 0 Å². The number of ether oxygens (including phenoxy) is 2. The number of hydrogen-bond donors (Lipinski definition) is 1. The third kappa shape index (κ3) is 3.42. The Morgan fingerprint density at radius 3 is 2.60 bits per heavy atom. The number of likely N-dealkylation sites (tertiary alicyclic amines) is 1. The summed E-state index contributed by atoms with van der Waals surface area (Å²) in [4.78, 5) is 24.7. The molecule has 6 heteroatoms. The van der Waals surface area contributed by atoms with Crippen LogP contribution < -0.4 is 0 Å². The molecule has 2 atom stereocenters. The second-order valence-electron chi connectivity index (χ2n) is 6.67. The molecule has 1 spiro atoms. The number of amides is 1. The van der Waals surface area contributed by atoms with Crippen LogP contribution in [0.5, 0.6) is 0 Å². The van der Waals surface area contributed by atoms with E-state index >= 15 is 0 Å². The Balaban J connectivity index is 1.99. The zero-order chi connectivity index (χ0) is 15.0. The van der Waals surface area contributed by atoms with Gasteiger partial charge in [-0.15, -0.1) is 0 Å². The largest absolute Gasteiger partial charge is 0.479 e. The van der Waals surface area contributed by atoms with Crippen LogP contribution in [0.1, 0.15) is 46.5 Å². The Bertz CT molecular complexity index is 403. The number of aliphatic carboxylic acids is 1. The SMILES string of the molecule is CC(C)(C)OC(=O)N1CCCC2(CCC(C(=O)O)O2)C1. The lowest BCUT2D eigenvalue weighted by molar-refractivity contribution is -0.157. The minimum atomic E-state index is -0.920. The Morgan fingerprint density at radius 2 is 2.05 bits per heavy atom. The lowest BCUT2D eigenvalue weighted by Gasteiger charge is -2.40. The number of piperidine rings is 1. The highest BCUT2D eigenvalue weighted by Crippen LogP contribution is 2.38. The van der Waals surface area contributed by atoms with Gasteiger partial charge in [0.15, 0.2) is 6.10 Å². The monoisotopic (exact) mass is 285 g/mol. The predicted molar refractivity (Wildman–Crippen MR) is 71.5 cm³/mol. The van der Waals surface area contributed by atoms with Crippen molar-refractivity contribution in [1.29, 1.82) is 0 Å². The molecule has 1 amide bonds. The maximum Gasteiger partial charge on any atom is 0.410 e. The van der Waals surface area contributed by atoms with E-state index in [-0.39, 0.29) is 6.09 Å². The first-order valence-corrected chi connectivity index (χ1v) is 7.09. The molecule has 2 fully saturated rings. The van der Waals surface area contributed by atoms with Gasteiger partial charge in [0.05, 0.1) is 12.1 Å². The Hall–Kier alpha value is -1.30. The summed E-state index contributed by atoms with van der Waals surface area (Å²) in [5, 5.41) is 9.02. The fourth-order valence-corrected chi connectivity index (χ4v) is 2.87. The molecule has 1 N–H and O–H groups in total. The van der Waals surface area contributed by atoms with Crippen LogP contribution in [0.25, 0.3) is 0 Å². The number of carboxylic acid groups (broad SMARTS) is 1. The number of hydrogen-bond acceptors (Lipinski definition) is 4. The van der Waals surface area contributed by atoms with Crippen LogP contribution in [0, 0.1) is 0 Å². The zero-order valence-corrected chi connectivity index (χ0v) is 12.3. The van der Waals surface area contributed by atoms with Crippen molar-refractivity contribution in [3.63, 3.8) is 0 Å². The number of nitrogens with zero attached hydrogens (tertiary/aromatic N) is 1. The molecule has 0 aliphatic carbocycles. The first-order valence-electron chi connectivity index (χ1n) is 7.09. The molecule has 0 aromatic heterocycles. The van der Waals surface area contributed by atoms with E-state index in [1.807, 2.05) is 20.8 Å². The molecule has 0 aromatic carbocycles. The van der Waals surface area contributed by atoms with E-state index < -0.39 is 23.3 Å². The van der Waals surface area contributed by atoms with Crippen molar-refractivity contribution in [1.82, 2.24) is 4.90 Å². The van der Waals surface area contributed by atoms with Crippen LogP contribution in [0.4, 0.5) is 4.79 Å². The molecule has 2 aliphatic rings. The van der Waals surface area contributed by atoms with Crippen molar-refractivity contribution in [2.45, 2.75) is 63.8 Å². The average molecular weight is 285 g/mol. The molecule has 0 bridgehead atoms. The smallest absolute Gasteiger partial charge is 0.410 e. The molecule has 6 nitrogen and oxygen atoms in total. The summed E-state index contributed by atoms with van der Waals surface area (Å²) in [6, 6.07) is 0. The number of carbonyl (C=O) groups excluding carboxylic acids is 1. The lowest BCUT2D eigenvalue weighted by atomic mass is 9.90. The second kappa shape index (κ2) is 5.24. The molecule has 2 aliphatic heterocycles. The summed E-state index contributed by atoms with van der Waals surface area (Å²) in [5.74, 6) is -0.920. The summed E-state index contributed by atoms with van der Waals surface area (Å²) in [5.41, 5.74) is -1.03. The minimum Gasteiger partial charge on any atom is -0.479 e. The van der Waals surface area contributed by atoms with Gasteiger partial charge in [-0.2, -0.15) is 0 Å². The van der Waals surface area contributed by atoms with Gasteiger partial charge >= 0.3 is 12.1 Å². The van der Waals surface area contributed by atoms with Crippen LogP contribution in [0.2, 0.25) is 0 Å². The van der Waals surface area contributed by atoms with Crippen molar-refractivity contribution >= 4 is 12.1 Å². The van der Waals surface area contributed by atoms with Crippen molar-refractivity contribution in [2.75, 3.05) is 13.1 Å². The third-order valence-electron chi connectivity index (χ3n) is 3.72. The van der Waals surface area contributed by atoms with E-state index in [9.17, 15) is 9.59 Å². The summed E-state index contributed by atoms with van der Waals surface area (Å²) in [7, 11) is 0. The van der Waals surface area contributed by atoms with Gasteiger partial charge in [-0.1, -0.05) is 0 Å². The molecule has 114 valence electrons. The van der Waals surface area contributed by atoms with Gasteiger partial charge in [0.25, 0.3) is 0 Å². The van der Waals surface area contributed by atoms with Gasteiger partial charge in [-0.3, -0.25) is 0 Å². The minimum absolute atomic E-state index is 0.348. The number of carbonyl (C=O) groups is 2. The molecule has 20 heavy (non-hydrogen) atoms. The van der Waals surface area contributed by atoms with Crippen LogP contribution >= 0.6 is 0 Å². The summed E-state index contributed by atoms with van der Waals surface area (Å²) >= 11 is 0. The molecule has 2 unspecified atom stereocenters. The van der Waals surface area contributed by atoms with Gasteiger partial charge in [-0.05, 0) is 46.5 Å². The third-order valence-corrected chi connectivity index (χ3v) is 3.72. The van der Waals surface area contributed by atoms with Crippen LogP contribution in [-0.2, 0) is 14.3 Å². The van der Waals surface area contributed by atoms with Crippen molar-refractivity contribution in [3.8, 4) is 0 Å². The van der Waals surface area contributed by atoms with Crippen molar-refractivity contribution in [2.24, 2.45) is 0 Å². The van der Waals surface area contributed by atoms with E-state index in [0.29, 0.717) is 25.9 Å². The molecule has 2 heterocycles. The molecular weight excluding hydrogens is 262 g/mol. The molecule has 0 radical (unpaired) electrons. The molecule has 0 aromatic rings. The van der Waals surface area contributed by atoms with Crippen molar-refractivity contribution < 1.29 is 24.2 Å². The highest BCUT2D eigenvalue weighted by molar-refractivity contribution is 5.73. The van der Waals surface area contributed by atoms with Crippen LogP contribution in [0.3, 0.4) is 0 Å². The Kier molecular flexibility index (Phi) is 3.95.